The molecular weight excluding hydrogens is 394 g/mol. The molecule has 3 heterocycles. The van der Waals surface area contributed by atoms with E-state index in [1.807, 2.05) is 9.80 Å². The Morgan fingerprint density at radius 1 is 0.903 bits per heavy atom. The second-order valence-corrected chi connectivity index (χ2v) is 9.72. The van der Waals surface area contributed by atoms with E-state index in [1.54, 1.807) is 0 Å². The summed E-state index contributed by atoms with van der Waals surface area (Å²) in [5, 5.41) is 4.15. The van der Waals surface area contributed by atoms with Crippen LogP contribution in [0, 0.1) is 5.92 Å². The number of carbonyl (C=O) groups excluding carboxylic acids is 2. The third kappa shape index (κ3) is 4.78. The van der Waals surface area contributed by atoms with Crippen molar-refractivity contribution in [1.29, 1.82) is 0 Å². The van der Waals surface area contributed by atoms with Crippen LogP contribution in [0.25, 0.3) is 0 Å². The highest BCUT2D eigenvalue weighted by Gasteiger charge is 2.40. The van der Waals surface area contributed by atoms with Crippen molar-refractivity contribution in [2.24, 2.45) is 5.92 Å². The molecule has 1 aromatic rings. The highest BCUT2D eigenvalue weighted by Crippen LogP contribution is 2.38. The molecule has 2 aliphatic carbocycles. The van der Waals surface area contributed by atoms with Gasteiger partial charge in [0.05, 0.1) is 6.04 Å². The second-order valence-electron chi connectivity index (χ2n) is 9.72. The normalized spacial score (nSPS) is 25.9. The lowest BCUT2D eigenvalue weighted by Gasteiger charge is -2.40. The zero-order chi connectivity index (χ0) is 21.2. The predicted molar refractivity (Wildman–Crippen MR) is 114 cm³/mol. The smallest absolute Gasteiger partial charge is 0.227 e. The van der Waals surface area contributed by atoms with Crippen molar-refractivity contribution in [3.8, 4) is 0 Å². The minimum atomic E-state index is -0.0610. The molecule has 31 heavy (non-hydrogen) atoms. The molecule has 170 valence electrons. The van der Waals surface area contributed by atoms with Crippen molar-refractivity contribution in [3.05, 3.63) is 11.7 Å². The molecule has 0 aromatic carbocycles. The van der Waals surface area contributed by atoms with Crippen LogP contribution in [0.1, 0.15) is 82.0 Å². The Kier molecular flexibility index (Phi) is 6.25. The fraction of sp³-hybridized carbons (Fsp3) is 0.826. The van der Waals surface area contributed by atoms with Crippen LogP contribution in [-0.2, 0) is 16.0 Å². The molecule has 8 heteroatoms. The van der Waals surface area contributed by atoms with Gasteiger partial charge in [0, 0.05) is 57.5 Å². The summed E-state index contributed by atoms with van der Waals surface area (Å²) in [6, 6.07) is 0.666. The number of aryl methyl sites for hydroxylation is 1. The monoisotopic (exact) mass is 429 g/mol. The van der Waals surface area contributed by atoms with E-state index < -0.39 is 0 Å². The van der Waals surface area contributed by atoms with Gasteiger partial charge in [-0.1, -0.05) is 24.4 Å². The second kappa shape index (κ2) is 9.27. The third-order valence-electron chi connectivity index (χ3n) is 7.56. The number of hydrogen-bond acceptors (Lipinski definition) is 6. The number of aromatic nitrogens is 2. The predicted octanol–water partition coefficient (Wildman–Crippen LogP) is 2.55. The van der Waals surface area contributed by atoms with E-state index in [0.29, 0.717) is 24.6 Å². The molecule has 4 aliphatic rings. The first-order valence-corrected chi connectivity index (χ1v) is 12.3. The van der Waals surface area contributed by atoms with Crippen LogP contribution in [0.15, 0.2) is 4.52 Å². The Morgan fingerprint density at radius 3 is 2.42 bits per heavy atom. The Morgan fingerprint density at radius 2 is 1.68 bits per heavy atom. The molecule has 5 rings (SSSR count). The number of carbonyl (C=O) groups is 2. The number of nitrogens with zero attached hydrogens (tertiary/aromatic N) is 5. The molecule has 0 N–H and O–H groups in total. The standard InChI is InChI=1S/C23H35N5O3/c29-21(27-15-13-26(14-16-27)18-5-2-1-3-6-18)11-10-20-24-22(25-31-20)19-7-4-12-28(19)23(30)17-8-9-17/h17-19H,1-16H2. The lowest BCUT2D eigenvalue weighted by molar-refractivity contribution is -0.134. The van der Waals surface area contributed by atoms with Crippen molar-refractivity contribution in [1.82, 2.24) is 24.8 Å². The molecule has 2 aliphatic heterocycles. The molecule has 8 nitrogen and oxygen atoms in total. The molecular formula is C23H35N5O3. The fourth-order valence-corrected chi connectivity index (χ4v) is 5.52. The van der Waals surface area contributed by atoms with Gasteiger partial charge >= 0.3 is 0 Å². The fourth-order valence-electron chi connectivity index (χ4n) is 5.52. The first-order chi connectivity index (χ1) is 15.2. The molecule has 0 bridgehead atoms. The minimum Gasteiger partial charge on any atom is -0.340 e. The van der Waals surface area contributed by atoms with Crippen LogP contribution >= 0.6 is 0 Å². The summed E-state index contributed by atoms with van der Waals surface area (Å²) >= 11 is 0. The third-order valence-corrected chi connectivity index (χ3v) is 7.56. The van der Waals surface area contributed by atoms with Gasteiger partial charge in [0.1, 0.15) is 0 Å². The van der Waals surface area contributed by atoms with Crippen LogP contribution in [-0.4, -0.2) is 75.4 Å². The number of piperazine rings is 1. The van der Waals surface area contributed by atoms with E-state index in [1.165, 1.54) is 32.1 Å². The largest absolute Gasteiger partial charge is 0.340 e. The van der Waals surface area contributed by atoms with E-state index in [4.69, 9.17) is 4.52 Å². The molecule has 1 atom stereocenters. The van der Waals surface area contributed by atoms with Gasteiger partial charge in [0.2, 0.25) is 17.7 Å². The maximum atomic E-state index is 12.7. The van der Waals surface area contributed by atoms with Crippen molar-refractivity contribution >= 4 is 11.8 Å². The van der Waals surface area contributed by atoms with E-state index in [-0.39, 0.29) is 23.8 Å². The molecule has 0 radical (unpaired) electrons. The van der Waals surface area contributed by atoms with Gasteiger partial charge in [-0.25, -0.2) is 0 Å². The summed E-state index contributed by atoms with van der Waals surface area (Å²) in [5.74, 6) is 1.75. The van der Waals surface area contributed by atoms with Gasteiger partial charge in [-0.15, -0.1) is 0 Å². The van der Waals surface area contributed by atoms with Crippen LogP contribution in [0.5, 0.6) is 0 Å². The molecule has 1 aromatic heterocycles. The summed E-state index contributed by atoms with van der Waals surface area (Å²) < 4.78 is 5.44. The van der Waals surface area contributed by atoms with Crippen molar-refractivity contribution in [3.63, 3.8) is 0 Å². The zero-order valence-electron chi connectivity index (χ0n) is 18.5. The topological polar surface area (TPSA) is 82.8 Å². The zero-order valence-corrected chi connectivity index (χ0v) is 18.5. The molecule has 0 spiro atoms. The van der Waals surface area contributed by atoms with Crippen LogP contribution < -0.4 is 0 Å². The number of likely N-dealkylation sites (tertiary alicyclic amines) is 1. The Hall–Kier alpha value is -1.96. The average molecular weight is 430 g/mol. The SMILES string of the molecule is O=C(CCc1nc(C2CCCN2C(=O)C2CC2)no1)N1CCN(C2CCCCC2)CC1. The summed E-state index contributed by atoms with van der Waals surface area (Å²) in [6.45, 7) is 4.42. The van der Waals surface area contributed by atoms with Gasteiger partial charge in [-0.2, -0.15) is 4.98 Å². The van der Waals surface area contributed by atoms with Gasteiger partial charge in [-0.3, -0.25) is 14.5 Å². The highest BCUT2D eigenvalue weighted by molar-refractivity contribution is 5.81. The van der Waals surface area contributed by atoms with Gasteiger partial charge in [-0.05, 0) is 38.5 Å². The maximum absolute atomic E-state index is 12.7. The first kappa shape index (κ1) is 20.9. The lowest BCUT2D eigenvalue weighted by atomic mass is 9.94. The number of amides is 2. The Labute approximate surface area is 184 Å². The first-order valence-electron chi connectivity index (χ1n) is 12.3. The highest BCUT2D eigenvalue weighted by atomic mass is 16.5. The van der Waals surface area contributed by atoms with Crippen molar-refractivity contribution in [2.75, 3.05) is 32.7 Å². The summed E-state index contributed by atoms with van der Waals surface area (Å²) in [7, 11) is 0. The van der Waals surface area contributed by atoms with E-state index >= 15 is 0 Å². The Bertz CT molecular complexity index is 778. The summed E-state index contributed by atoms with van der Waals surface area (Å²) in [4.78, 5) is 36.3. The lowest BCUT2D eigenvalue weighted by Crippen LogP contribution is -2.52. The van der Waals surface area contributed by atoms with Crippen LogP contribution in [0.3, 0.4) is 0 Å². The summed E-state index contributed by atoms with van der Waals surface area (Å²) in [6.07, 6.45) is 11.5. The van der Waals surface area contributed by atoms with Crippen LogP contribution in [0.2, 0.25) is 0 Å². The molecule has 2 saturated heterocycles. The molecule has 2 amide bonds. The van der Waals surface area contributed by atoms with Gasteiger partial charge in [0.15, 0.2) is 5.82 Å². The van der Waals surface area contributed by atoms with Crippen LogP contribution in [0.4, 0.5) is 0 Å². The van der Waals surface area contributed by atoms with E-state index in [9.17, 15) is 9.59 Å². The Balaban J connectivity index is 1.09. The number of hydrogen-bond donors (Lipinski definition) is 0. The van der Waals surface area contributed by atoms with E-state index in [2.05, 4.69) is 15.0 Å². The van der Waals surface area contributed by atoms with Crippen molar-refractivity contribution in [2.45, 2.75) is 82.7 Å². The van der Waals surface area contributed by atoms with Crippen molar-refractivity contribution < 1.29 is 14.1 Å². The summed E-state index contributed by atoms with van der Waals surface area (Å²) in [5.41, 5.74) is 0. The quantitative estimate of drug-likeness (QED) is 0.691. The molecule has 4 fully saturated rings. The number of rotatable bonds is 6. The van der Waals surface area contributed by atoms with Gasteiger partial charge < -0.3 is 14.3 Å². The molecule has 2 saturated carbocycles. The van der Waals surface area contributed by atoms with Gasteiger partial charge in [0.25, 0.3) is 0 Å². The maximum Gasteiger partial charge on any atom is 0.227 e. The minimum absolute atomic E-state index is 0.0610. The average Bonchev–Trinajstić information content (AvgIpc) is 3.36. The van der Waals surface area contributed by atoms with E-state index in [0.717, 1.165) is 64.4 Å². The molecule has 1 unspecified atom stereocenters.